The first kappa shape index (κ1) is 16.1. The minimum atomic E-state index is -0.780. The Hall–Kier alpha value is -1.85. The van der Waals surface area contributed by atoms with Crippen molar-refractivity contribution in [1.29, 1.82) is 0 Å². The van der Waals surface area contributed by atoms with Crippen LogP contribution in [0.25, 0.3) is 0 Å². The molecule has 0 bridgehead atoms. The molecule has 18 heavy (non-hydrogen) atoms. The lowest BCUT2D eigenvalue weighted by molar-refractivity contribution is -0.144. The fourth-order valence-corrected chi connectivity index (χ4v) is 1.29. The van der Waals surface area contributed by atoms with Crippen molar-refractivity contribution < 1.29 is 19.1 Å². The van der Waals surface area contributed by atoms with E-state index in [9.17, 15) is 14.4 Å². The van der Waals surface area contributed by atoms with Crippen LogP contribution in [0.3, 0.4) is 0 Å². The van der Waals surface area contributed by atoms with E-state index in [4.69, 9.17) is 5.73 Å². The first-order chi connectivity index (χ1) is 8.36. The predicted molar refractivity (Wildman–Crippen MR) is 66.4 cm³/mol. The van der Waals surface area contributed by atoms with E-state index in [1.807, 2.05) is 0 Å². The van der Waals surface area contributed by atoms with Crippen molar-refractivity contribution in [1.82, 2.24) is 5.32 Å². The van der Waals surface area contributed by atoms with E-state index in [0.29, 0.717) is 6.42 Å². The molecule has 0 aromatic carbocycles. The average Bonchev–Trinajstić information content (AvgIpc) is 2.25. The van der Waals surface area contributed by atoms with E-state index < -0.39 is 23.8 Å². The largest absolute Gasteiger partial charge is 0.466 e. The molecule has 2 amide bonds. The Labute approximate surface area is 107 Å². The van der Waals surface area contributed by atoms with E-state index >= 15 is 0 Å². The van der Waals surface area contributed by atoms with Gasteiger partial charge in [0.2, 0.25) is 11.8 Å². The Kier molecular flexibility index (Phi) is 7.42. The van der Waals surface area contributed by atoms with Crippen LogP contribution in [-0.4, -0.2) is 30.4 Å². The SMILES string of the molecule is C=C(C)C[C@H](NC(=O)CCC(=O)OCC)C(N)=O. The molecule has 0 radical (unpaired) electrons. The Morgan fingerprint density at radius 3 is 2.39 bits per heavy atom. The highest BCUT2D eigenvalue weighted by Crippen LogP contribution is 2.02. The van der Waals surface area contributed by atoms with Gasteiger partial charge in [-0.15, -0.1) is 6.58 Å². The Balaban J connectivity index is 4.14. The standard InChI is InChI=1S/C12H20N2O4/c1-4-18-11(16)6-5-10(15)14-9(12(13)17)7-8(2)3/h9H,2,4-7H2,1,3H3,(H2,13,17)(H,14,15)/t9-/m0/s1. The molecule has 0 saturated heterocycles. The fraction of sp³-hybridized carbons (Fsp3) is 0.583. The van der Waals surface area contributed by atoms with E-state index in [1.165, 1.54) is 0 Å². The number of amides is 2. The molecular weight excluding hydrogens is 236 g/mol. The van der Waals surface area contributed by atoms with Gasteiger partial charge in [0.25, 0.3) is 0 Å². The predicted octanol–water partition coefficient (Wildman–Crippen LogP) is 0.266. The molecule has 0 aromatic rings. The summed E-state index contributed by atoms with van der Waals surface area (Å²) < 4.78 is 4.68. The molecule has 1 atom stereocenters. The highest BCUT2D eigenvalue weighted by atomic mass is 16.5. The van der Waals surface area contributed by atoms with Gasteiger partial charge in [-0.25, -0.2) is 0 Å². The third kappa shape index (κ3) is 7.43. The van der Waals surface area contributed by atoms with Crippen molar-refractivity contribution in [2.45, 2.75) is 39.2 Å². The Morgan fingerprint density at radius 2 is 1.94 bits per heavy atom. The minimum Gasteiger partial charge on any atom is -0.466 e. The number of primary amides is 1. The van der Waals surface area contributed by atoms with Crippen molar-refractivity contribution >= 4 is 17.8 Å². The van der Waals surface area contributed by atoms with Crippen LogP contribution in [-0.2, 0) is 19.1 Å². The minimum absolute atomic E-state index is 0.0156. The van der Waals surface area contributed by atoms with Gasteiger partial charge in [-0.1, -0.05) is 5.57 Å². The summed E-state index contributed by atoms with van der Waals surface area (Å²) in [7, 11) is 0. The van der Waals surface area contributed by atoms with Crippen molar-refractivity contribution in [2.24, 2.45) is 5.73 Å². The van der Waals surface area contributed by atoms with Crippen LogP contribution in [0.4, 0.5) is 0 Å². The molecule has 0 aliphatic heterocycles. The van der Waals surface area contributed by atoms with Gasteiger partial charge < -0.3 is 15.8 Å². The second-order valence-electron chi connectivity index (χ2n) is 3.99. The van der Waals surface area contributed by atoms with Gasteiger partial charge in [-0.3, -0.25) is 14.4 Å². The van der Waals surface area contributed by atoms with Gasteiger partial charge in [0, 0.05) is 6.42 Å². The topological polar surface area (TPSA) is 98.5 Å². The van der Waals surface area contributed by atoms with Crippen molar-refractivity contribution in [3.63, 3.8) is 0 Å². The maximum Gasteiger partial charge on any atom is 0.306 e. The van der Waals surface area contributed by atoms with Crippen LogP contribution in [0.5, 0.6) is 0 Å². The van der Waals surface area contributed by atoms with Gasteiger partial charge in [-0.05, 0) is 20.3 Å². The summed E-state index contributed by atoms with van der Waals surface area (Å²) in [6.45, 7) is 7.35. The van der Waals surface area contributed by atoms with Crippen molar-refractivity contribution in [3.05, 3.63) is 12.2 Å². The monoisotopic (exact) mass is 256 g/mol. The van der Waals surface area contributed by atoms with Crippen LogP contribution in [0.1, 0.15) is 33.1 Å². The summed E-state index contributed by atoms with van der Waals surface area (Å²) in [5, 5.41) is 2.46. The lowest BCUT2D eigenvalue weighted by atomic mass is 10.1. The summed E-state index contributed by atoms with van der Waals surface area (Å²) in [4.78, 5) is 33.6. The molecule has 6 heteroatoms. The number of esters is 1. The third-order valence-corrected chi connectivity index (χ3v) is 2.09. The molecule has 102 valence electrons. The number of hydrogen-bond acceptors (Lipinski definition) is 4. The van der Waals surface area contributed by atoms with Crippen LogP contribution < -0.4 is 11.1 Å². The van der Waals surface area contributed by atoms with Gasteiger partial charge in [-0.2, -0.15) is 0 Å². The highest BCUT2D eigenvalue weighted by molar-refractivity contribution is 5.88. The zero-order valence-electron chi connectivity index (χ0n) is 10.8. The molecule has 3 N–H and O–H groups in total. The molecule has 0 unspecified atom stereocenters. The Bertz CT molecular complexity index is 339. The quantitative estimate of drug-likeness (QED) is 0.481. The number of ether oxygens (including phenoxy) is 1. The molecular formula is C12H20N2O4. The molecule has 6 nitrogen and oxygen atoms in total. The molecule has 0 rings (SSSR count). The zero-order chi connectivity index (χ0) is 14.1. The zero-order valence-corrected chi connectivity index (χ0v) is 10.8. The maximum atomic E-state index is 11.5. The van der Waals surface area contributed by atoms with E-state index in [1.54, 1.807) is 13.8 Å². The molecule has 0 spiro atoms. The number of nitrogens with two attached hydrogens (primary N) is 1. The molecule has 0 saturated carbocycles. The molecule has 0 aliphatic rings. The number of nitrogens with one attached hydrogen (secondary N) is 1. The first-order valence-corrected chi connectivity index (χ1v) is 5.75. The molecule has 0 aliphatic carbocycles. The number of rotatable bonds is 8. The lowest BCUT2D eigenvalue weighted by Crippen LogP contribution is -2.44. The van der Waals surface area contributed by atoms with E-state index in [0.717, 1.165) is 5.57 Å². The summed E-state index contributed by atoms with van der Waals surface area (Å²) in [6.07, 6.45) is 0.248. The van der Waals surface area contributed by atoms with Gasteiger partial charge in [0.05, 0.1) is 13.0 Å². The second-order valence-corrected chi connectivity index (χ2v) is 3.99. The van der Waals surface area contributed by atoms with Crippen LogP contribution in [0.2, 0.25) is 0 Å². The summed E-state index contributed by atoms with van der Waals surface area (Å²) >= 11 is 0. The first-order valence-electron chi connectivity index (χ1n) is 5.75. The Morgan fingerprint density at radius 1 is 1.33 bits per heavy atom. The third-order valence-electron chi connectivity index (χ3n) is 2.09. The van der Waals surface area contributed by atoms with Crippen molar-refractivity contribution in [2.75, 3.05) is 6.61 Å². The average molecular weight is 256 g/mol. The van der Waals surface area contributed by atoms with Crippen LogP contribution in [0.15, 0.2) is 12.2 Å². The lowest BCUT2D eigenvalue weighted by Gasteiger charge is -2.15. The van der Waals surface area contributed by atoms with Gasteiger partial charge in [0.15, 0.2) is 0 Å². The summed E-state index contributed by atoms with van der Waals surface area (Å²) in [5.41, 5.74) is 5.89. The smallest absolute Gasteiger partial charge is 0.306 e. The van der Waals surface area contributed by atoms with E-state index in [2.05, 4.69) is 16.6 Å². The number of carbonyl (C=O) groups is 3. The molecule has 0 heterocycles. The maximum absolute atomic E-state index is 11.5. The van der Waals surface area contributed by atoms with Crippen LogP contribution in [0, 0.1) is 0 Å². The molecule has 0 aromatic heterocycles. The normalized spacial score (nSPS) is 11.4. The second kappa shape index (κ2) is 8.27. The van der Waals surface area contributed by atoms with Crippen LogP contribution >= 0.6 is 0 Å². The number of hydrogen-bond donors (Lipinski definition) is 2. The number of carbonyl (C=O) groups excluding carboxylic acids is 3. The highest BCUT2D eigenvalue weighted by Gasteiger charge is 2.18. The summed E-state index contributed by atoms with van der Waals surface area (Å²) in [6, 6.07) is -0.780. The molecule has 0 fully saturated rings. The summed E-state index contributed by atoms with van der Waals surface area (Å²) in [5.74, 6) is -1.47. The van der Waals surface area contributed by atoms with E-state index in [-0.39, 0.29) is 19.4 Å². The fourth-order valence-electron chi connectivity index (χ4n) is 1.29. The van der Waals surface area contributed by atoms with Gasteiger partial charge >= 0.3 is 5.97 Å². The van der Waals surface area contributed by atoms with Gasteiger partial charge in [0.1, 0.15) is 6.04 Å². The van der Waals surface area contributed by atoms with Crippen molar-refractivity contribution in [3.8, 4) is 0 Å².